The molecule has 2 aliphatic carbocycles. The van der Waals surface area contributed by atoms with Gasteiger partial charge in [-0.2, -0.15) is 0 Å². The van der Waals surface area contributed by atoms with Crippen molar-refractivity contribution in [2.75, 3.05) is 18.4 Å². The van der Waals surface area contributed by atoms with E-state index in [1.54, 1.807) is 4.90 Å². The topological polar surface area (TPSA) is 113 Å². The Morgan fingerprint density at radius 3 is 2.40 bits per heavy atom. The summed E-state index contributed by atoms with van der Waals surface area (Å²) in [7, 11) is 0. The molecule has 0 unspecified atom stereocenters. The van der Waals surface area contributed by atoms with Gasteiger partial charge in [0.15, 0.2) is 5.78 Å². The van der Waals surface area contributed by atoms with E-state index in [-0.39, 0.29) is 54.9 Å². The quantitative estimate of drug-likeness (QED) is 0.432. The van der Waals surface area contributed by atoms with Gasteiger partial charge in [-0.25, -0.2) is 0 Å². The number of nitrogens with one attached hydrogen (secondary N) is 1. The van der Waals surface area contributed by atoms with Gasteiger partial charge in [-0.3, -0.25) is 19.2 Å². The number of ketones is 1. The predicted molar refractivity (Wildman–Crippen MR) is 165 cm³/mol. The number of nitrogens with two attached hydrogens (primary N) is 1. The number of Topliss-reactive ketones (excluding diaryl/α,β-unsaturated/α-hetero) is 1. The number of anilines is 1. The Bertz CT molecular complexity index is 1400. The minimum absolute atomic E-state index is 0.0137. The Labute approximate surface area is 254 Å². The third kappa shape index (κ3) is 6.12. The lowest BCUT2D eigenvalue weighted by molar-refractivity contribution is -0.145. The van der Waals surface area contributed by atoms with Gasteiger partial charge in [-0.15, -0.1) is 0 Å². The van der Waals surface area contributed by atoms with Crippen molar-refractivity contribution in [1.29, 1.82) is 0 Å². The summed E-state index contributed by atoms with van der Waals surface area (Å²) in [5.41, 5.74) is 11.3. The Morgan fingerprint density at radius 2 is 1.63 bits per heavy atom. The standard InChI is InChI=1S/C35H44N4O4/c36-18-14-27(34(43)37-29-11-10-24-8-3-9-25(24)20-29)22-31(40)30-21-26-6-1-2-7-28(26)23-38(30)32(41)12-13-33(42)39-19-5-17-35(39)15-4-16-35/h1-2,6-7,10-11,20,27,30H,3-5,8-9,12-19,21-23,36H2,(H,37,43)/t27-,30+/m1/s1. The molecule has 6 rings (SSSR count). The van der Waals surface area contributed by atoms with Crippen molar-refractivity contribution in [2.24, 2.45) is 11.7 Å². The molecular weight excluding hydrogens is 540 g/mol. The third-order valence-corrected chi connectivity index (χ3v) is 10.4. The zero-order chi connectivity index (χ0) is 30.0. The third-order valence-electron chi connectivity index (χ3n) is 10.4. The van der Waals surface area contributed by atoms with Gasteiger partial charge in [0.2, 0.25) is 17.7 Å². The molecule has 228 valence electrons. The lowest BCUT2D eigenvalue weighted by atomic mass is 9.75. The highest BCUT2D eigenvalue weighted by molar-refractivity contribution is 5.98. The fourth-order valence-corrected chi connectivity index (χ4v) is 7.80. The number of amides is 3. The van der Waals surface area contributed by atoms with Crippen LogP contribution < -0.4 is 11.1 Å². The summed E-state index contributed by atoms with van der Waals surface area (Å²) in [4.78, 5) is 57.8. The van der Waals surface area contributed by atoms with E-state index in [0.29, 0.717) is 19.4 Å². The largest absolute Gasteiger partial charge is 0.337 e. The second-order valence-electron chi connectivity index (χ2n) is 13.0. The highest BCUT2D eigenvalue weighted by Gasteiger charge is 2.47. The first kappa shape index (κ1) is 29.5. The number of hydrogen-bond donors (Lipinski definition) is 2. The number of rotatable bonds is 10. The van der Waals surface area contributed by atoms with E-state index in [9.17, 15) is 19.2 Å². The number of likely N-dealkylation sites (tertiary alicyclic amines) is 1. The number of benzene rings is 2. The van der Waals surface area contributed by atoms with E-state index in [1.165, 1.54) is 11.1 Å². The van der Waals surface area contributed by atoms with Crippen LogP contribution in [0, 0.1) is 5.92 Å². The smallest absolute Gasteiger partial charge is 0.227 e. The first-order valence-corrected chi connectivity index (χ1v) is 16.2. The fraction of sp³-hybridized carbons (Fsp3) is 0.543. The van der Waals surface area contributed by atoms with Gasteiger partial charge < -0.3 is 20.9 Å². The molecule has 2 fully saturated rings. The van der Waals surface area contributed by atoms with Crippen molar-refractivity contribution in [1.82, 2.24) is 9.80 Å². The van der Waals surface area contributed by atoms with E-state index >= 15 is 0 Å². The van der Waals surface area contributed by atoms with Gasteiger partial charge in [0.25, 0.3) is 0 Å². The van der Waals surface area contributed by atoms with Crippen molar-refractivity contribution in [2.45, 2.75) is 102 Å². The Morgan fingerprint density at radius 1 is 0.884 bits per heavy atom. The molecule has 2 atom stereocenters. The monoisotopic (exact) mass is 584 g/mol. The summed E-state index contributed by atoms with van der Waals surface area (Å²) in [6, 6.07) is 13.3. The molecule has 2 heterocycles. The second-order valence-corrected chi connectivity index (χ2v) is 13.0. The van der Waals surface area contributed by atoms with Gasteiger partial charge in [0, 0.05) is 55.9 Å². The van der Waals surface area contributed by atoms with Crippen molar-refractivity contribution in [3.63, 3.8) is 0 Å². The predicted octanol–water partition coefficient (Wildman–Crippen LogP) is 4.32. The lowest BCUT2D eigenvalue weighted by Crippen LogP contribution is -2.52. The maximum absolute atomic E-state index is 13.9. The highest BCUT2D eigenvalue weighted by atomic mass is 16.2. The molecule has 3 amide bonds. The molecule has 8 nitrogen and oxygen atoms in total. The molecule has 1 saturated carbocycles. The van der Waals surface area contributed by atoms with Crippen LogP contribution in [-0.2, 0) is 45.0 Å². The fourth-order valence-electron chi connectivity index (χ4n) is 7.80. The summed E-state index contributed by atoms with van der Waals surface area (Å²) in [6.07, 6.45) is 9.66. The molecule has 3 N–H and O–H groups in total. The number of nitrogens with zero attached hydrogens (tertiary/aromatic N) is 2. The van der Waals surface area contributed by atoms with Crippen molar-refractivity contribution >= 4 is 29.2 Å². The van der Waals surface area contributed by atoms with Crippen LogP contribution in [0.15, 0.2) is 42.5 Å². The minimum Gasteiger partial charge on any atom is -0.337 e. The Hall–Kier alpha value is -3.52. The first-order valence-electron chi connectivity index (χ1n) is 16.2. The van der Waals surface area contributed by atoms with Crippen LogP contribution in [0.1, 0.15) is 86.5 Å². The Kier molecular flexibility index (Phi) is 8.66. The molecule has 43 heavy (non-hydrogen) atoms. The number of carbonyl (C=O) groups excluding carboxylic acids is 4. The average Bonchev–Trinajstić information content (AvgIpc) is 3.66. The van der Waals surface area contributed by atoms with E-state index in [0.717, 1.165) is 74.7 Å². The SMILES string of the molecule is NCC[C@H](CC(=O)[C@@H]1Cc2ccccc2CN1C(=O)CCC(=O)N1CCCC12CCC2)C(=O)Nc1ccc2c(c1)CCC2. The van der Waals surface area contributed by atoms with Gasteiger partial charge in [-0.1, -0.05) is 30.3 Å². The summed E-state index contributed by atoms with van der Waals surface area (Å²) >= 11 is 0. The molecule has 0 bridgehead atoms. The summed E-state index contributed by atoms with van der Waals surface area (Å²) in [5.74, 6) is -1.06. The van der Waals surface area contributed by atoms with Crippen LogP contribution in [0.4, 0.5) is 5.69 Å². The molecule has 1 saturated heterocycles. The van der Waals surface area contributed by atoms with Crippen LogP contribution >= 0.6 is 0 Å². The molecule has 0 radical (unpaired) electrons. The molecule has 2 aliphatic heterocycles. The van der Waals surface area contributed by atoms with E-state index in [1.807, 2.05) is 41.3 Å². The molecular formula is C35H44N4O4. The van der Waals surface area contributed by atoms with E-state index in [4.69, 9.17) is 5.73 Å². The molecule has 2 aromatic carbocycles. The molecule has 4 aliphatic rings. The lowest BCUT2D eigenvalue weighted by Gasteiger charge is -2.46. The maximum Gasteiger partial charge on any atom is 0.227 e. The van der Waals surface area contributed by atoms with Gasteiger partial charge in [0.1, 0.15) is 0 Å². The normalized spacial score (nSPS) is 20.7. The van der Waals surface area contributed by atoms with Crippen LogP contribution in [-0.4, -0.2) is 58.0 Å². The number of aryl methyl sites for hydroxylation is 2. The van der Waals surface area contributed by atoms with E-state index < -0.39 is 12.0 Å². The van der Waals surface area contributed by atoms with Crippen molar-refractivity contribution in [3.05, 3.63) is 64.7 Å². The summed E-state index contributed by atoms with van der Waals surface area (Å²) in [6.45, 7) is 1.39. The molecule has 0 aromatic heterocycles. The number of hydrogen-bond acceptors (Lipinski definition) is 5. The van der Waals surface area contributed by atoms with Crippen molar-refractivity contribution in [3.8, 4) is 0 Å². The molecule has 8 heteroatoms. The van der Waals surface area contributed by atoms with Gasteiger partial charge >= 0.3 is 0 Å². The number of carbonyl (C=O) groups is 4. The van der Waals surface area contributed by atoms with Gasteiger partial charge in [-0.05, 0) is 98.7 Å². The summed E-state index contributed by atoms with van der Waals surface area (Å²) < 4.78 is 0. The zero-order valence-electron chi connectivity index (χ0n) is 25.1. The van der Waals surface area contributed by atoms with Crippen LogP contribution in [0.3, 0.4) is 0 Å². The summed E-state index contributed by atoms with van der Waals surface area (Å²) in [5, 5.41) is 3.02. The number of fused-ring (bicyclic) bond motifs is 2. The highest BCUT2D eigenvalue weighted by Crippen LogP contribution is 2.45. The second kappa shape index (κ2) is 12.6. The van der Waals surface area contributed by atoms with Crippen LogP contribution in [0.2, 0.25) is 0 Å². The van der Waals surface area contributed by atoms with Crippen LogP contribution in [0.5, 0.6) is 0 Å². The average molecular weight is 585 g/mol. The Balaban J connectivity index is 1.13. The van der Waals surface area contributed by atoms with E-state index in [2.05, 4.69) is 11.4 Å². The molecule has 2 aromatic rings. The first-order chi connectivity index (χ1) is 20.9. The van der Waals surface area contributed by atoms with Gasteiger partial charge in [0.05, 0.1) is 6.04 Å². The zero-order valence-corrected chi connectivity index (χ0v) is 25.1. The molecule has 1 spiro atoms. The van der Waals surface area contributed by atoms with Crippen molar-refractivity contribution < 1.29 is 19.2 Å². The minimum atomic E-state index is -0.671. The maximum atomic E-state index is 13.9. The van der Waals surface area contributed by atoms with Crippen LogP contribution in [0.25, 0.3) is 0 Å².